The van der Waals surface area contributed by atoms with E-state index in [1.54, 1.807) is 14.2 Å². The number of hydrogen-bond donors (Lipinski definition) is 0. The van der Waals surface area contributed by atoms with Crippen LogP contribution >= 0.6 is 0 Å². The summed E-state index contributed by atoms with van der Waals surface area (Å²) in [6.07, 6.45) is 3.80. The fraction of sp³-hybridized carbons (Fsp3) is 0.600. The predicted molar refractivity (Wildman–Crippen MR) is 73.4 cm³/mol. The Kier molecular flexibility index (Phi) is 4.48. The topological polar surface area (TPSA) is 21.7 Å². The Morgan fingerprint density at radius 3 is 2.72 bits per heavy atom. The molecule has 1 aliphatic heterocycles. The average Bonchev–Trinajstić information content (AvgIpc) is 2.46. The van der Waals surface area contributed by atoms with Crippen LogP contribution < -0.4 is 9.47 Å². The number of piperidine rings is 1. The molecule has 0 bridgehead atoms. The molecule has 1 saturated heterocycles. The van der Waals surface area contributed by atoms with Crippen molar-refractivity contribution in [1.82, 2.24) is 4.90 Å². The Morgan fingerprint density at radius 1 is 1.22 bits per heavy atom. The summed E-state index contributed by atoms with van der Waals surface area (Å²) in [5, 5.41) is 0. The van der Waals surface area contributed by atoms with Crippen molar-refractivity contribution in [3.05, 3.63) is 23.8 Å². The van der Waals surface area contributed by atoms with Crippen LogP contribution in [0.25, 0.3) is 0 Å². The molecule has 1 atom stereocenters. The van der Waals surface area contributed by atoms with E-state index in [-0.39, 0.29) is 0 Å². The number of rotatable bonds is 4. The molecular weight excluding hydrogens is 226 g/mol. The van der Waals surface area contributed by atoms with E-state index in [0.29, 0.717) is 6.04 Å². The Bertz CT molecular complexity index is 392. The van der Waals surface area contributed by atoms with Gasteiger partial charge in [-0.25, -0.2) is 0 Å². The Morgan fingerprint density at radius 2 is 2.06 bits per heavy atom. The standard InChI is InChI=1S/C15H23NO2/c1-4-16-10-6-5-7-14(16)13-11-12(17-2)8-9-15(13)18-3/h8-9,11,14H,4-7,10H2,1-3H3/t14-/m0/s1. The van der Waals surface area contributed by atoms with Gasteiger partial charge in [-0.2, -0.15) is 0 Å². The van der Waals surface area contributed by atoms with E-state index >= 15 is 0 Å². The number of benzene rings is 1. The van der Waals surface area contributed by atoms with Gasteiger partial charge in [0.05, 0.1) is 14.2 Å². The van der Waals surface area contributed by atoms with Gasteiger partial charge >= 0.3 is 0 Å². The van der Waals surface area contributed by atoms with Gasteiger partial charge < -0.3 is 9.47 Å². The third-order valence-corrected chi connectivity index (χ3v) is 3.82. The molecule has 0 unspecified atom stereocenters. The Hall–Kier alpha value is -1.22. The average molecular weight is 249 g/mol. The SMILES string of the molecule is CCN1CCCC[C@H]1c1cc(OC)ccc1OC. The van der Waals surface area contributed by atoms with Crippen molar-refractivity contribution < 1.29 is 9.47 Å². The van der Waals surface area contributed by atoms with Gasteiger partial charge in [0.25, 0.3) is 0 Å². The first-order chi connectivity index (χ1) is 8.80. The molecule has 0 N–H and O–H groups in total. The van der Waals surface area contributed by atoms with Crippen LogP contribution in [0.1, 0.15) is 37.8 Å². The highest BCUT2D eigenvalue weighted by molar-refractivity contribution is 5.42. The minimum atomic E-state index is 0.466. The Balaban J connectivity index is 2.34. The van der Waals surface area contributed by atoms with Crippen LogP contribution in [-0.2, 0) is 0 Å². The van der Waals surface area contributed by atoms with E-state index in [0.717, 1.165) is 18.0 Å². The quantitative estimate of drug-likeness (QED) is 0.817. The van der Waals surface area contributed by atoms with Crippen molar-refractivity contribution in [3.63, 3.8) is 0 Å². The molecule has 1 heterocycles. The van der Waals surface area contributed by atoms with Gasteiger partial charge in [-0.15, -0.1) is 0 Å². The summed E-state index contributed by atoms with van der Waals surface area (Å²) in [6.45, 7) is 4.50. The second-order valence-corrected chi connectivity index (χ2v) is 4.75. The van der Waals surface area contributed by atoms with Crippen molar-refractivity contribution in [2.45, 2.75) is 32.2 Å². The van der Waals surface area contributed by atoms with Crippen LogP contribution in [0.4, 0.5) is 0 Å². The third kappa shape index (κ3) is 2.61. The summed E-state index contributed by atoms with van der Waals surface area (Å²) in [5.41, 5.74) is 1.26. The largest absolute Gasteiger partial charge is 0.497 e. The molecule has 0 radical (unpaired) electrons. The fourth-order valence-electron chi connectivity index (χ4n) is 2.82. The van der Waals surface area contributed by atoms with Crippen LogP contribution in [-0.4, -0.2) is 32.2 Å². The number of nitrogens with zero attached hydrogens (tertiary/aromatic N) is 1. The van der Waals surface area contributed by atoms with Crippen LogP contribution in [0.3, 0.4) is 0 Å². The van der Waals surface area contributed by atoms with E-state index in [1.165, 1.54) is 31.4 Å². The Labute approximate surface area is 110 Å². The van der Waals surface area contributed by atoms with Crippen molar-refractivity contribution in [2.24, 2.45) is 0 Å². The summed E-state index contributed by atoms with van der Waals surface area (Å²) in [7, 11) is 3.45. The zero-order valence-corrected chi connectivity index (χ0v) is 11.6. The lowest BCUT2D eigenvalue weighted by atomic mass is 9.94. The minimum Gasteiger partial charge on any atom is -0.497 e. The smallest absolute Gasteiger partial charge is 0.123 e. The van der Waals surface area contributed by atoms with Gasteiger partial charge in [0, 0.05) is 11.6 Å². The molecule has 0 saturated carbocycles. The molecule has 18 heavy (non-hydrogen) atoms. The predicted octanol–water partition coefficient (Wildman–Crippen LogP) is 3.25. The molecule has 3 nitrogen and oxygen atoms in total. The molecule has 1 aromatic carbocycles. The van der Waals surface area contributed by atoms with E-state index < -0.39 is 0 Å². The summed E-state index contributed by atoms with van der Waals surface area (Å²) in [6, 6.07) is 6.56. The molecule has 1 aromatic rings. The van der Waals surface area contributed by atoms with Crippen molar-refractivity contribution in [3.8, 4) is 11.5 Å². The van der Waals surface area contributed by atoms with E-state index in [9.17, 15) is 0 Å². The highest BCUT2D eigenvalue weighted by atomic mass is 16.5. The van der Waals surface area contributed by atoms with Gasteiger partial charge in [-0.05, 0) is 44.1 Å². The van der Waals surface area contributed by atoms with Crippen molar-refractivity contribution >= 4 is 0 Å². The monoisotopic (exact) mass is 249 g/mol. The lowest BCUT2D eigenvalue weighted by Crippen LogP contribution is -2.33. The van der Waals surface area contributed by atoms with Crippen LogP contribution in [0.15, 0.2) is 18.2 Å². The highest BCUT2D eigenvalue weighted by Crippen LogP contribution is 2.37. The molecule has 100 valence electrons. The summed E-state index contributed by atoms with van der Waals surface area (Å²) in [4.78, 5) is 2.53. The molecule has 2 rings (SSSR count). The van der Waals surface area contributed by atoms with Crippen LogP contribution in [0, 0.1) is 0 Å². The van der Waals surface area contributed by atoms with Gasteiger partial charge in [-0.3, -0.25) is 4.90 Å². The third-order valence-electron chi connectivity index (χ3n) is 3.82. The molecule has 3 heteroatoms. The van der Waals surface area contributed by atoms with E-state index in [4.69, 9.17) is 9.47 Å². The second kappa shape index (κ2) is 6.10. The number of methoxy groups -OCH3 is 2. The lowest BCUT2D eigenvalue weighted by Gasteiger charge is -2.35. The molecule has 1 fully saturated rings. The van der Waals surface area contributed by atoms with E-state index in [1.807, 2.05) is 12.1 Å². The summed E-state index contributed by atoms with van der Waals surface area (Å²) >= 11 is 0. The maximum absolute atomic E-state index is 5.51. The molecule has 0 amide bonds. The first kappa shape index (κ1) is 13.2. The summed E-state index contributed by atoms with van der Waals surface area (Å²) < 4.78 is 10.8. The molecule has 1 aliphatic rings. The first-order valence-electron chi connectivity index (χ1n) is 6.76. The van der Waals surface area contributed by atoms with E-state index in [2.05, 4.69) is 17.9 Å². The first-order valence-corrected chi connectivity index (χ1v) is 6.76. The van der Waals surface area contributed by atoms with Crippen LogP contribution in [0.5, 0.6) is 11.5 Å². The normalized spacial score (nSPS) is 20.7. The highest BCUT2D eigenvalue weighted by Gasteiger charge is 2.25. The molecular formula is C15H23NO2. The molecule has 0 aromatic heterocycles. The number of likely N-dealkylation sites (tertiary alicyclic amines) is 1. The van der Waals surface area contributed by atoms with Crippen molar-refractivity contribution in [2.75, 3.05) is 27.3 Å². The maximum Gasteiger partial charge on any atom is 0.123 e. The van der Waals surface area contributed by atoms with Gasteiger partial charge in [0.1, 0.15) is 11.5 Å². The minimum absolute atomic E-state index is 0.466. The van der Waals surface area contributed by atoms with Gasteiger partial charge in [0.15, 0.2) is 0 Å². The molecule has 0 spiro atoms. The van der Waals surface area contributed by atoms with Gasteiger partial charge in [-0.1, -0.05) is 13.3 Å². The van der Waals surface area contributed by atoms with Crippen molar-refractivity contribution in [1.29, 1.82) is 0 Å². The van der Waals surface area contributed by atoms with Gasteiger partial charge in [0.2, 0.25) is 0 Å². The zero-order valence-electron chi connectivity index (χ0n) is 11.6. The fourth-order valence-corrected chi connectivity index (χ4v) is 2.82. The summed E-state index contributed by atoms with van der Waals surface area (Å²) in [5.74, 6) is 1.88. The maximum atomic E-state index is 5.51. The second-order valence-electron chi connectivity index (χ2n) is 4.75. The number of hydrogen-bond acceptors (Lipinski definition) is 3. The van der Waals surface area contributed by atoms with Crippen LogP contribution in [0.2, 0.25) is 0 Å². The zero-order chi connectivity index (χ0) is 13.0. The number of ether oxygens (including phenoxy) is 2. The molecule has 0 aliphatic carbocycles. The lowest BCUT2D eigenvalue weighted by molar-refractivity contribution is 0.154.